The molecule has 134 valence electrons. The van der Waals surface area contributed by atoms with Crippen LogP contribution in [0.1, 0.15) is 56.3 Å². The molecule has 0 saturated carbocycles. The Morgan fingerprint density at radius 1 is 1.32 bits per heavy atom. The number of amides is 1. The average Bonchev–Trinajstić information content (AvgIpc) is 3.13. The maximum absolute atomic E-state index is 11.8. The topological polar surface area (TPSA) is 97.0 Å². The highest BCUT2D eigenvalue weighted by Crippen LogP contribution is 2.33. The van der Waals surface area contributed by atoms with Crippen molar-refractivity contribution in [3.8, 4) is 0 Å². The molecule has 1 N–H and O–H groups in total. The zero-order valence-electron chi connectivity index (χ0n) is 15.3. The van der Waals surface area contributed by atoms with Gasteiger partial charge in [0, 0.05) is 44.6 Å². The number of carbonyl (C=O) groups is 1. The molecule has 8 nitrogen and oxygen atoms in total. The molecule has 3 rings (SSSR count). The van der Waals surface area contributed by atoms with Crippen LogP contribution in [0, 0.1) is 13.8 Å². The smallest absolute Gasteiger partial charge is 0.223 e. The maximum atomic E-state index is 11.8. The van der Waals surface area contributed by atoms with Crippen molar-refractivity contribution in [1.29, 1.82) is 0 Å². The molecule has 0 bridgehead atoms. The van der Waals surface area contributed by atoms with E-state index in [0.29, 0.717) is 24.7 Å². The Hall–Kier alpha value is -2.51. The fourth-order valence-electron chi connectivity index (χ4n) is 3.17. The molecule has 2 aromatic heterocycles. The van der Waals surface area contributed by atoms with Gasteiger partial charge in [-0.1, -0.05) is 19.0 Å². The Labute approximate surface area is 147 Å². The second-order valence-electron chi connectivity index (χ2n) is 6.95. The van der Waals surface area contributed by atoms with Crippen molar-refractivity contribution < 1.29 is 9.32 Å². The molecule has 0 radical (unpaired) electrons. The number of hydrogen-bond donors (Lipinski definition) is 1. The van der Waals surface area contributed by atoms with Gasteiger partial charge in [-0.25, -0.2) is 9.97 Å². The van der Waals surface area contributed by atoms with E-state index in [1.807, 2.05) is 13.0 Å². The van der Waals surface area contributed by atoms with Crippen molar-refractivity contribution in [2.45, 2.75) is 52.5 Å². The molecule has 1 atom stereocenters. The molecule has 1 aliphatic rings. The van der Waals surface area contributed by atoms with Crippen LogP contribution >= 0.6 is 0 Å². The Bertz CT molecular complexity index is 787. The van der Waals surface area contributed by atoms with Gasteiger partial charge in [-0.15, -0.1) is 0 Å². The van der Waals surface area contributed by atoms with Gasteiger partial charge in [0.15, 0.2) is 5.82 Å². The van der Waals surface area contributed by atoms with E-state index in [9.17, 15) is 4.79 Å². The normalized spacial score (nSPS) is 20.3. The fraction of sp³-hybridized carbons (Fsp3) is 0.588. The van der Waals surface area contributed by atoms with E-state index in [1.165, 1.54) is 6.92 Å². The number of nitrogens with zero attached hydrogens (tertiary/aromatic N) is 5. The summed E-state index contributed by atoms with van der Waals surface area (Å²) in [7, 11) is 0. The predicted molar refractivity (Wildman–Crippen MR) is 92.2 cm³/mol. The average molecular weight is 344 g/mol. The van der Waals surface area contributed by atoms with Gasteiger partial charge in [0.1, 0.15) is 17.2 Å². The summed E-state index contributed by atoms with van der Waals surface area (Å²) in [5.41, 5.74) is 0.265. The van der Waals surface area contributed by atoms with Gasteiger partial charge >= 0.3 is 0 Å². The molecule has 0 unspecified atom stereocenters. The summed E-state index contributed by atoms with van der Waals surface area (Å²) in [6, 6.07) is 1.97. The summed E-state index contributed by atoms with van der Waals surface area (Å²) in [6.07, 6.45) is 0.686. The molecule has 3 heterocycles. The molecule has 1 fully saturated rings. The van der Waals surface area contributed by atoms with Crippen molar-refractivity contribution in [3.63, 3.8) is 0 Å². The van der Waals surface area contributed by atoms with E-state index in [1.54, 1.807) is 6.92 Å². The number of nitrogens with one attached hydrogen (secondary N) is 1. The van der Waals surface area contributed by atoms with Crippen LogP contribution in [0.2, 0.25) is 0 Å². The lowest BCUT2D eigenvalue weighted by Crippen LogP contribution is -2.48. The van der Waals surface area contributed by atoms with Crippen molar-refractivity contribution in [1.82, 2.24) is 25.4 Å². The van der Waals surface area contributed by atoms with Crippen molar-refractivity contribution >= 4 is 11.7 Å². The first-order valence-corrected chi connectivity index (χ1v) is 8.49. The lowest BCUT2D eigenvalue weighted by molar-refractivity contribution is -0.120. The van der Waals surface area contributed by atoms with Gasteiger partial charge < -0.3 is 14.7 Å². The molecule has 0 aliphatic carbocycles. The van der Waals surface area contributed by atoms with E-state index >= 15 is 0 Å². The molecule has 0 spiro atoms. The third-order valence-corrected chi connectivity index (χ3v) is 4.34. The number of carbonyl (C=O) groups excluding carboxylic acids is 1. The third kappa shape index (κ3) is 3.47. The number of anilines is 1. The van der Waals surface area contributed by atoms with Crippen LogP contribution in [-0.2, 0) is 10.3 Å². The zero-order valence-corrected chi connectivity index (χ0v) is 15.3. The van der Waals surface area contributed by atoms with Crippen LogP contribution < -0.4 is 10.2 Å². The third-order valence-electron chi connectivity index (χ3n) is 4.34. The summed E-state index contributed by atoms with van der Waals surface area (Å²) in [6.45, 7) is 10.6. The van der Waals surface area contributed by atoms with E-state index in [0.717, 1.165) is 23.9 Å². The first-order valence-electron chi connectivity index (χ1n) is 8.49. The van der Waals surface area contributed by atoms with Crippen molar-refractivity contribution in [3.05, 3.63) is 29.3 Å². The van der Waals surface area contributed by atoms with Crippen LogP contribution in [0.25, 0.3) is 0 Å². The number of rotatable bonds is 4. The Balaban J connectivity index is 1.93. The summed E-state index contributed by atoms with van der Waals surface area (Å²) in [4.78, 5) is 27.5. The summed E-state index contributed by atoms with van der Waals surface area (Å²) < 4.78 is 5.14. The van der Waals surface area contributed by atoms with Crippen LogP contribution in [0.5, 0.6) is 0 Å². The maximum Gasteiger partial charge on any atom is 0.223 e. The Morgan fingerprint density at radius 2 is 2.08 bits per heavy atom. The quantitative estimate of drug-likeness (QED) is 0.904. The largest absolute Gasteiger partial charge is 0.354 e. The van der Waals surface area contributed by atoms with Gasteiger partial charge in [-0.2, -0.15) is 4.98 Å². The highest BCUT2D eigenvalue weighted by molar-refractivity contribution is 5.74. The minimum Gasteiger partial charge on any atom is -0.354 e. The first-order chi connectivity index (χ1) is 11.8. The highest BCUT2D eigenvalue weighted by atomic mass is 16.5. The molecule has 2 aromatic rings. The number of aromatic nitrogens is 4. The molecule has 25 heavy (non-hydrogen) atoms. The standard InChI is InChI=1S/C17H24N6O2/c1-10(2)15-18-11(3)8-14(20-15)23-7-6-17(9-23,21-12(4)24)16-19-13(5)25-22-16/h8,10H,6-7,9H2,1-5H3,(H,21,24)/t17-/m1/s1. The van der Waals surface area contributed by atoms with Crippen molar-refractivity contribution in [2.75, 3.05) is 18.0 Å². The second-order valence-corrected chi connectivity index (χ2v) is 6.95. The van der Waals surface area contributed by atoms with E-state index < -0.39 is 5.54 Å². The fourth-order valence-corrected chi connectivity index (χ4v) is 3.17. The van der Waals surface area contributed by atoms with Gasteiger partial charge in [0.25, 0.3) is 0 Å². The minimum atomic E-state index is -0.666. The van der Waals surface area contributed by atoms with Gasteiger partial charge in [-0.05, 0) is 13.3 Å². The van der Waals surface area contributed by atoms with Crippen LogP contribution in [0.15, 0.2) is 10.6 Å². The molecule has 1 amide bonds. The summed E-state index contributed by atoms with van der Waals surface area (Å²) in [5, 5.41) is 7.08. The first kappa shape index (κ1) is 17.3. The number of hydrogen-bond acceptors (Lipinski definition) is 7. The molecule has 1 saturated heterocycles. The summed E-state index contributed by atoms with van der Waals surface area (Å²) in [5.74, 6) is 2.81. The van der Waals surface area contributed by atoms with E-state index in [2.05, 4.69) is 39.2 Å². The van der Waals surface area contributed by atoms with Crippen molar-refractivity contribution in [2.24, 2.45) is 0 Å². The Morgan fingerprint density at radius 3 is 2.68 bits per heavy atom. The lowest BCUT2D eigenvalue weighted by atomic mass is 9.97. The SMILES string of the molecule is CC(=O)N[C@]1(c2noc(C)n2)CCN(c2cc(C)nc(C(C)C)n2)C1. The highest BCUT2D eigenvalue weighted by Gasteiger charge is 2.44. The molecule has 8 heteroatoms. The van der Waals surface area contributed by atoms with Crippen LogP contribution in [-0.4, -0.2) is 39.1 Å². The van der Waals surface area contributed by atoms with Crippen LogP contribution in [0.3, 0.4) is 0 Å². The van der Waals surface area contributed by atoms with E-state index in [-0.39, 0.29) is 11.8 Å². The molecular formula is C17H24N6O2. The van der Waals surface area contributed by atoms with Crippen LogP contribution in [0.4, 0.5) is 5.82 Å². The summed E-state index contributed by atoms with van der Waals surface area (Å²) >= 11 is 0. The van der Waals surface area contributed by atoms with E-state index in [4.69, 9.17) is 9.51 Å². The van der Waals surface area contributed by atoms with Gasteiger partial charge in [0.05, 0.1) is 0 Å². The molecular weight excluding hydrogens is 320 g/mol. The predicted octanol–water partition coefficient (Wildman–Crippen LogP) is 1.84. The Kier molecular flexibility index (Phi) is 4.45. The lowest BCUT2D eigenvalue weighted by Gasteiger charge is -2.27. The monoisotopic (exact) mass is 344 g/mol. The van der Waals surface area contributed by atoms with Gasteiger partial charge in [-0.3, -0.25) is 4.79 Å². The minimum absolute atomic E-state index is 0.119. The molecule has 0 aromatic carbocycles. The molecule has 1 aliphatic heterocycles. The van der Waals surface area contributed by atoms with Gasteiger partial charge in [0.2, 0.25) is 11.8 Å². The second kappa shape index (κ2) is 6.42. The zero-order chi connectivity index (χ0) is 18.2. The number of aryl methyl sites for hydroxylation is 2.